The minimum Gasteiger partial charge on any atom is -0.494 e. The van der Waals surface area contributed by atoms with Crippen molar-refractivity contribution in [1.82, 2.24) is 4.90 Å². The molecule has 0 aliphatic carbocycles. The van der Waals surface area contributed by atoms with E-state index in [1.165, 1.54) is 25.7 Å². The van der Waals surface area contributed by atoms with E-state index in [-0.39, 0.29) is 23.5 Å². The van der Waals surface area contributed by atoms with E-state index in [1.807, 2.05) is 42.5 Å². The van der Waals surface area contributed by atoms with Gasteiger partial charge in [-0.1, -0.05) is 62.9 Å². The van der Waals surface area contributed by atoms with Crippen LogP contribution in [0.5, 0.6) is 5.75 Å². The van der Waals surface area contributed by atoms with Gasteiger partial charge < -0.3 is 9.64 Å². The zero-order chi connectivity index (χ0) is 22.1. The predicted octanol–water partition coefficient (Wildman–Crippen LogP) is 4.87. The van der Waals surface area contributed by atoms with Crippen molar-refractivity contribution in [3.8, 4) is 5.75 Å². The molecule has 1 amide bonds. The van der Waals surface area contributed by atoms with Crippen molar-refractivity contribution in [3.63, 3.8) is 0 Å². The van der Waals surface area contributed by atoms with E-state index >= 15 is 0 Å². The van der Waals surface area contributed by atoms with Gasteiger partial charge in [0.05, 0.1) is 18.1 Å². The number of carbonyl (C=O) groups excluding carboxylic acids is 1. The molecule has 5 nitrogen and oxygen atoms in total. The number of rotatable bonds is 11. The van der Waals surface area contributed by atoms with Crippen LogP contribution in [0.4, 0.5) is 0 Å². The van der Waals surface area contributed by atoms with Gasteiger partial charge in [-0.05, 0) is 42.7 Å². The van der Waals surface area contributed by atoms with Crippen molar-refractivity contribution in [1.29, 1.82) is 0 Å². The van der Waals surface area contributed by atoms with Crippen molar-refractivity contribution in [3.05, 3.63) is 65.7 Å². The highest BCUT2D eigenvalue weighted by Gasteiger charge is 2.35. The molecule has 1 fully saturated rings. The van der Waals surface area contributed by atoms with E-state index in [1.54, 1.807) is 17.0 Å². The molecular formula is C25H33NO4S. The van der Waals surface area contributed by atoms with Gasteiger partial charge in [0.25, 0.3) is 5.91 Å². The average molecular weight is 444 g/mol. The molecule has 1 atom stereocenters. The molecule has 0 spiro atoms. The van der Waals surface area contributed by atoms with Crippen LogP contribution in [0.3, 0.4) is 0 Å². The first kappa shape index (κ1) is 23.3. The van der Waals surface area contributed by atoms with Crippen molar-refractivity contribution in [2.75, 3.05) is 18.1 Å². The lowest BCUT2D eigenvalue weighted by atomic mass is 10.1. The zero-order valence-electron chi connectivity index (χ0n) is 18.3. The van der Waals surface area contributed by atoms with Gasteiger partial charge in [0.2, 0.25) is 0 Å². The second-order valence-corrected chi connectivity index (χ2v) is 10.5. The fraction of sp³-hybridized carbons (Fsp3) is 0.480. The van der Waals surface area contributed by atoms with Crippen LogP contribution in [-0.2, 0) is 16.4 Å². The lowest BCUT2D eigenvalue weighted by molar-refractivity contribution is 0.0681. The molecule has 1 aliphatic heterocycles. The van der Waals surface area contributed by atoms with E-state index in [4.69, 9.17) is 4.74 Å². The Bertz CT molecular complexity index is 926. The Morgan fingerprint density at radius 1 is 1.00 bits per heavy atom. The third-order valence-electron chi connectivity index (χ3n) is 5.72. The first-order valence-electron chi connectivity index (χ1n) is 11.3. The molecule has 0 radical (unpaired) electrons. The third kappa shape index (κ3) is 7.10. The maximum atomic E-state index is 13.3. The van der Waals surface area contributed by atoms with Crippen molar-refractivity contribution >= 4 is 15.7 Å². The Labute approximate surface area is 186 Å². The van der Waals surface area contributed by atoms with Crippen LogP contribution in [0.25, 0.3) is 0 Å². The fourth-order valence-electron chi connectivity index (χ4n) is 3.92. The lowest BCUT2D eigenvalue weighted by Crippen LogP contribution is -2.40. The van der Waals surface area contributed by atoms with E-state index in [0.717, 1.165) is 17.7 Å². The maximum absolute atomic E-state index is 13.3. The molecule has 1 aliphatic rings. The van der Waals surface area contributed by atoms with Crippen LogP contribution in [0.15, 0.2) is 54.6 Å². The molecule has 168 valence electrons. The molecule has 0 aromatic heterocycles. The molecule has 2 aromatic carbocycles. The standard InChI is InChI=1S/C25H33NO4S/c1-2-3-4-5-9-17-30-24-14-12-22(13-15-24)25(27)26(19-21-10-7-6-8-11-21)23-16-18-31(28,29)20-23/h6-8,10-15,23H,2-5,9,16-20H2,1H3/t23-/m1/s1. The van der Waals surface area contributed by atoms with Crippen LogP contribution < -0.4 is 4.74 Å². The van der Waals surface area contributed by atoms with Crippen molar-refractivity contribution in [2.45, 2.75) is 58.0 Å². The van der Waals surface area contributed by atoms with Gasteiger partial charge >= 0.3 is 0 Å². The number of hydrogen-bond donors (Lipinski definition) is 0. The summed E-state index contributed by atoms with van der Waals surface area (Å²) in [5, 5.41) is 0. The molecule has 31 heavy (non-hydrogen) atoms. The Morgan fingerprint density at radius 2 is 1.71 bits per heavy atom. The van der Waals surface area contributed by atoms with Gasteiger partial charge in [0, 0.05) is 18.2 Å². The molecule has 0 N–H and O–H groups in total. The van der Waals surface area contributed by atoms with E-state index < -0.39 is 9.84 Å². The van der Waals surface area contributed by atoms with Crippen molar-refractivity contribution in [2.24, 2.45) is 0 Å². The monoisotopic (exact) mass is 443 g/mol. The fourth-order valence-corrected chi connectivity index (χ4v) is 5.65. The largest absolute Gasteiger partial charge is 0.494 e. The number of sulfone groups is 1. The minimum absolute atomic E-state index is 0.0325. The van der Waals surface area contributed by atoms with Crippen LogP contribution in [0.1, 0.15) is 61.4 Å². The van der Waals surface area contributed by atoms with Gasteiger partial charge in [-0.2, -0.15) is 0 Å². The van der Waals surface area contributed by atoms with Gasteiger partial charge in [-0.15, -0.1) is 0 Å². The quantitative estimate of drug-likeness (QED) is 0.465. The number of carbonyl (C=O) groups is 1. The van der Waals surface area contributed by atoms with Crippen LogP contribution >= 0.6 is 0 Å². The summed E-state index contributed by atoms with van der Waals surface area (Å²) in [4.78, 5) is 15.0. The molecular weight excluding hydrogens is 410 g/mol. The second-order valence-electron chi connectivity index (χ2n) is 8.26. The van der Waals surface area contributed by atoms with Crippen LogP contribution in [-0.4, -0.2) is 43.4 Å². The highest BCUT2D eigenvalue weighted by molar-refractivity contribution is 7.91. The number of unbranched alkanes of at least 4 members (excludes halogenated alkanes) is 4. The topological polar surface area (TPSA) is 63.7 Å². The van der Waals surface area contributed by atoms with E-state index in [9.17, 15) is 13.2 Å². The minimum atomic E-state index is -3.09. The molecule has 3 rings (SSSR count). The molecule has 0 bridgehead atoms. The summed E-state index contributed by atoms with van der Waals surface area (Å²) in [6.45, 7) is 3.28. The average Bonchev–Trinajstić information content (AvgIpc) is 3.14. The normalized spacial score (nSPS) is 17.4. The third-order valence-corrected chi connectivity index (χ3v) is 7.47. The lowest BCUT2D eigenvalue weighted by Gasteiger charge is -2.28. The predicted molar refractivity (Wildman–Crippen MR) is 124 cm³/mol. The summed E-state index contributed by atoms with van der Waals surface area (Å²) in [5.74, 6) is 0.786. The molecule has 2 aromatic rings. The smallest absolute Gasteiger partial charge is 0.254 e. The van der Waals surface area contributed by atoms with Gasteiger partial charge in [0.1, 0.15) is 5.75 Å². The van der Waals surface area contributed by atoms with Crippen LogP contribution in [0.2, 0.25) is 0 Å². The van der Waals surface area contributed by atoms with Gasteiger partial charge in [0.15, 0.2) is 9.84 Å². The summed E-state index contributed by atoms with van der Waals surface area (Å²) >= 11 is 0. The summed E-state index contributed by atoms with van der Waals surface area (Å²) in [6, 6.07) is 16.6. The Kier molecular flexibility index (Phi) is 8.52. The number of amides is 1. The number of nitrogens with zero attached hydrogens (tertiary/aromatic N) is 1. The highest BCUT2D eigenvalue weighted by Crippen LogP contribution is 2.23. The van der Waals surface area contributed by atoms with Crippen molar-refractivity contribution < 1.29 is 17.9 Å². The highest BCUT2D eigenvalue weighted by atomic mass is 32.2. The molecule has 1 saturated heterocycles. The Hall–Kier alpha value is -2.34. The van der Waals surface area contributed by atoms with Gasteiger partial charge in [-0.25, -0.2) is 8.42 Å². The maximum Gasteiger partial charge on any atom is 0.254 e. The number of hydrogen-bond acceptors (Lipinski definition) is 4. The Balaban J connectivity index is 1.64. The molecule has 0 saturated carbocycles. The summed E-state index contributed by atoms with van der Waals surface area (Å²) in [6.07, 6.45) is 6.41. The SMILES string of the molecule is CCCCCCCOc1ccc(C(=O)N(Cc2ccccc2)[C@@H]2CCS(=O)(=O)C2)cc1. The Morgan fingerprint density at radius 3 is 2.35 bits per heavy atom. The van der Waals surface area contributed by atoms with Crippen LogP contribution in [0, 0.1) is 0 Å². The summed E-state index contributed by atoms with van der Waals surface area (Å²) in [5.41, 5.74) is 1.54. The summed E-state index contributed by atoms with van der Waals surface area (Å²) < 4.78 is 29.9. The first-order valence-corrected chi connectivity index (χ1v) is 13.1. The molecule has 1 heterocycles. The van der Waals surface area contributed by atoms with E-state index in [2.05, 4.69) is 6.92 Å². The molecule has 0 unspecified atom stereocenters. The zero-order valence-corrected chi connectivity index (χ0v) is 19.1. The van der Waals surface area contributed by atoms with Gasteiger partial charge in [-0.3, -0.25) is 4.79 Å². The van der Waals surface area contributed by atoms with E-state index in [0.29, 0.717) is 25.1 Å². The number of benzene rings is 2. The molecule has 6 heteroatoms. The number of ether oxygens (including phenoxy) is 1. The summed E-state index contributed by atoms with van der Waals surface area (Å²) in [7, 11) is -3.09. The second kappa shape index (κ2) is 11.3. The first-order chi connectivity index (χ1) is 15.0.